The molecular weight excluding hydrogens is 458 g/mol. The summed E-state index contributed by atoms with van der Waals surface area (Å²) in [6.07, 6.45) is 2.86. The van der Waals surface area contributed by atoms with Gasteiger partial charge in [0.25, 0.3) is 5.91 Å². The molecule has 0 aliphatic carbocycles. The Kier molecular flexibility index (Phi) is 6.22. The summed E-state index contributed by atoms with van der Waals surface area (Å²) in [5, 5.41) is 13.7. The van der Waals surface area contributed by atoms with Crippen molar-refractivity contribution in [2.45, 2.75) is 50.7 Å². The summed E-state index contributed by atoms with van der Waals surface area (Å²) in [6, 6.07) is 7.64. The number of hydrogen-bond acceptors (Lipinski definition) is 7. The van der Waals surface area contributed by atoms with Crippen LogP contribution < -0.4 is 15.5 Å². The number of aromatic amines is 1. The van der Waals surface area contributed by atoms with Gasteiger partial charge >= 0.3 is 0 Å². The van der Waals surface area contributed by atoms with Crippen molar-refractivity contribution in [2.24, 2.45) is 0 Å². The van der Waals surface area contributed by atoms with Crippen LogP contribution in [0.4, 0.5) is 5.82 Å². The lowest BCUT2D eigenvalue weighted by atomic mass is 9.93. The second kappa shape index (κ2) is 9.67. The first-order chi connectivity index (χ1) is 17.6. The smallest absolute Gasteiger partial charge is 0.255 e. The number of carbonyl (C=O) groups excluding carboxylic acids is 3. The van der Waals surface area contributed by atoms with Crippen LogP contribution >= 0.6 is 0 Å². The highest BCUT2D eigenvalue weighted by molar-refractivity contribution is 6.06. The highest BCUT2D eigenvalue weighted by Gasteiger charge is 2.40. The summed E-state index contributed by atoms with van der Waals surface area (Å²) in [5.74, 6) is 0.683. The molecule has 1 aromatic heterocycles. The molecule has 2 atom stereocenters. The van der Waals surface area contributed by atoms with Crippen molar-refractivity contribution in [3.63, 3.8) is 0 Å². The van der Waals surface area contributed by atoms with Crippen LogP contribution in [0.15, 0.2) is 24.3 Å². The van der Waals surface area contributed by atoms with E-state index in [-0.39, 0.29) is 24.1 Å². The lowest BCUT2D eigenvalue weighted by Gasteiger charge is -2.32. The number of benzene rings is 1. The van der Waals surface area contributed by atoms with Gasteiger partial charge in [-0.3, -0.25) is 29.7 Å². The number of imide groups is 1. The van der Waals surface area contributed by atoms with Crippen molar-refractivity contribution in [1.29, 1.82) is 0 Å². The zero-order valence-electron chi connectivity index (χ0n) is 20.5. The Morgan fingerprint density at radius 3 is 2.75 bits per heavy atom. The minimum Gasteiger partial charge on any atom is -0.353 e. The van der Waals surface area contributed by atoms with Gasteiger partial charge in [-0.05, 0) is 36.9 Å². The molecule has 0 spiro atoms. The first-order valence-electron chi connectivity index (χ1n) is 13.1. The van der Waals surface area contributed by atoms with Crippen LogP contribution in [0.1, 0.15) is 58.8 Å². The molecule has 4 aliphatic heterocycles. The summed E-state index contributed by atoms with van der Waals surface area (Å²) in [6.45, 7) is 6.95. The van der Waals surface area contributed by atoms with Crippen LogP contribution in [0.5, 0.6) is 0 Å². The summed E-state index contributed by atoms with van der Waals surface area (Å²) >= 11 is 0. The highest BCUT2D eigenvalue weighted by Crippen LogP contribution is 2.33. The van der Waals surface area contributed by atoms with Crippen LogP contribution in [0.3, 0.4) is 0 Å². The molecular formula is C26H33N7O3. The summed E-state index contributed by atoms with van der Waals surface area (Å²) in [7, 11) is 0. The van der Waals surface area contributed by atoms with Crippen molar-refractivity contribution < 1.29 is 14.4 Å². The van der Waals surface area contributed by atoms with E-state index in [0.29, 0.717) is 25.4 Å². The summed E-state index contributed by atoms with van der Waals surface area (Å²) in [4.78, 5) is 43.8. The maximum Gasteiger partial charge on any atom is 0.255 e. The van der Waals surface area contributed by atoms with Gasteiger partial charge in [-0.2, -0.15) is 5.10 Å². The molecule has 36 heavy (non-hydrogen) atoms. The van der Waals surface area contributed by atoms with Crippen LogP contribution in [0.25, 0.3) is 0 Å². The van der Waals surface area contributed by atoms with Crippen molar-refractivity contribution in [1.82, 2.24) is 30.6 Å². The number of anilines is 1. The molecule has 10 heteroatoms. The van der Waals surface area contributed by atoms with Gasteiger partial charge < -0.3 is 15.1 Å². The van der Waals surface area contributed by atoms with Gasteiger partial charge in [0.2, 0.25) is 11.8 Å². The summed E-state index contributed by atoms with van der Waals surface area (Å²) in [5.41, 5.74) is 3.89. The average molecular weight is 492 g/mol. The molecule has 6 rings (SSSR count). The lowest BCUT2D eigenvalue weighted by molar-refractivity contribution is -0.136. The molecule has 5 heterocycles. The Labute approximate surface area is 210 Å². The van der Waals surface area contributed by atoms with Crippen LogP contribution in [-0.4, -0.2) is 83.0 Å². The van der Waals surface area contributed by atoms with E-state index < -0.39 is 6.04 Å². The quantitative estimate of drug-likeness (QED) is 0.534. The van der Waals surface area contributed by atoms with E-state index in [0.717, 1.165) is 74.6 Å². The number of fused-ring (bicyclic) bond motifs is 1. The van der Waals surface area contributed by atoms with Gasteiger partial charge in [0.1, 0.15) is 6.04 Å². The zero-order chi connectivity index (χ0) is 24.6. The molecule has 3 amide bonds. The van der Waals surface area contributed by atoms with Crippen molar-refractivity contribution >= 4 is 23.5 Å². The van der Waals surface area contributed by atoms with E-state index in [4.69, 9.17) is 0 Å². The van der Waals surface area contributed by atoms with Crippen molar-refractivity contribution in [2.75, 3.05) is 44.2 Å². The minimum absolute atomic E-state index is 0.0992. The predicted molar refractivity (Wildman–Crippen MR) is 133 cm³/mol. The third-order valence-corrected chi connectivity index (χ3v) is 8.00. The predicted octanol–water partition coefficient (Wildman–Crippen LogP) is 0.960. The Morgan fingerprint density at radius 2 is 1.92 bits per heavy atom. The second-order valence-electron chi connectivity index (χ2n) is 10.3. The van der Waals surface area contributed by atoms with Gasteiger partial charge in [0, 0.05) is 75.5 Å². The summed E-state index contributed by atoms with van der Waals surface area (Å²) < 4.78 is 0. The number of nitrogens with zero attached hydrogens (tertiary/aromatic N) is 4. The van der Waals surface area contributed by atoms with Crippen molar-refractivity contribution in [3.05, 3.63) is 46.6 Å². The maximum absolute atomic E-state index is 13.4. The molecule has 10 nitrogen and oxygen atoms in total. The van der Waals surface area contributed by atoms with Crippen LogP contribution in [-0.2, 0) is 22.7 Å². The van der Waals surface area contributed by atoms with E-state index in [1.54, 1.807) is 4.90 Å². The molecule has 3 fully saturated rings. The van der Waals surface area contributed by atoms with E-state index in [9.17, 15) is 14.4 Å². The fourth-order valence-corrected chi connectivity index (χ4v) is 6.11. The molecule has 2 aromatic rings. The Hall–Kier alpha value is -3.24. The molecule has 0 bridgehead atoms. The molecule has 0 radical (unpaired) electrons. The van der Waals surface area contributed by atoms with Crippen LogP contribution in [0, 0.1) is 0 Å². The topological polar surface area (TPSA) is 114 Å². The molecule has 190 valence electrons. The zero-order valence-corrected chi connectivity index (χ0v) is 20.5. The van der Waals surface area contributed by atoms with Gasteiger partial charge in [-0.15, -0.1) is 0 Å². The highest BCUT2D eigenvalue weighted by atomic mass is 16.2. The third kappa shape index (κ3) is 4.39. The molecule has 1 aromatic carbocycles. The standard InChI is InChI=1S/C26H33N7O3/c34-23-7-6-21(25(35)28-23)33-16-19-4-1-3-18(24(19)26(33)36)15-31-10-2-5-17(14-31)20-13-22(30-29-20)32-11-8-27-9-12-32/h1,3-4,13,17,21,27H,2,5-12,14-16H2,(H,29,30)(H,28,34,35). The average Bonchev–Trinajstić information content (AvgIpc) is 3.51. The number of amides is 3. The molecule has 3 N–H and O–H groups in total. The SMILES string of the molecule is O=C1CCC(N2Cc3cccc(CN4CCCC(c5cc(N6CCNCC6)n[nH]5)C4)c3C2=O)C(=O)N1. The monoisotopic (exact) mass is 491 g/mol. The van der Waals surface area contributed by atoms with Gasteiger partial charge in [-0.25, -0.2) is 0 Å². The molecule has 2 unspecified atom stereocenters. The first kappa shape index (κ1) is 23.2. The fourth-order valence-electron chi connectivity index (χ4n) is 6.11. The molecule has 4 aliphatic rings. The third-order valence-electron chi connectivity index (χ3n) is 8.00. The number of H-pyrrole nitrogens is 1. The van der Waals surface area contributed by atoms with Crippen LogP contribution in [0.2, 0.25) is 0 Å². The maximum atomic E-state index is 13.4. The van der Waals surface area contributed by atoms with E-state index >= 15 is 0 Å². The largest absolute Gasteiger partial charge is 0.353 e. The number of piperazine rings is 1. The second-order valence-corrected chi connectivity index (χ2v) is 10.3. The Morgan fingerprint density at radius 1 is 1.06 bits per heavy atom. The molecule has 3 saturated heterocycles. The number of hydrogen-bond donors (Lipinski definition) is 3. The number of likely N-dealkylation sites (tertiary alicyclic amines) is 1. The number of nitrogens with one attached hydrogen (secondary N) is 3. The van der Waals surface area contributed by atoms with E-state index in [2.05, 4.69) is 36.7 Å². The van der Waals surface area contributed by atoms with E-state index in [1.807, 2.05) is 18.2 Å². The number of carbonyl (C=O) groups is 3. The van der Waals surface area contributed by atoms with Gasteiger partial charge in [0.05, 0.1) is 0 Å². The van der Waals surface area contributed by atoms with E-state index in [1.165, 1.54) is 5.69 Å². The lowest BCUT2D eigenvalue weighted by Crippen LogP contribution is -2.52. The fraction of sp³-hybridized carbons (Fsp3) is 0.538. The van der Waals surface area contributed by atoms with Crippen molar-refractivity contribution in [3.8, 4) is 0 Å². The normalized spacial score (nSPS) is 25.3. The van der Waals surface area contributed by atoms with Gasteiger partial charge in [0.15, 0.2) is 5.82 Å². The number of piperidine rings is 2. The first-order valence-corrected chi connectivity index (χ1v) is 13.1. The Balaban J connectivity index is 1.14. The Bertz CT molecular complexity index is 1170. The van der Waals surface area contributed by atoms with Gasteiger partial charge in [-0.1, -0.05) is 18.2 Å². The number of rotatable bonds is 5. The molecule has 0 saturated carbocycles. The number of aromatic nitrogens is 2. The minimum atomic E-state index is -0.583.